The number of benzene rings is 1. The third-order valence-corrected chi connectivity index (χ3v) is 2.55. The Labute approximate surface area is 99.9 Å². The zero-order valence-electron chi connectivity index (χ0n) is 9.84. The van der Waals surface area contributed by atoms with Gasteiger partial charge in [0.1, 0.15) is 5.75 Å². The summed E-state index contributed by atoms with van der Waals surface area (Å²) >= 11 is 0. The molecule has 0 saturated heterocycles. The standard InChI is InChI=1S/C13H14N2O2/c1-9-7-14-13(15-12(9)8-16)10-4-3-5-11(6-10)17-2/h3-7,16H,8H2,1-2H3. The van der Waals surface area contributed by atoms with E-state index < -0.39 is 0 Å². The molecule has 4 heteroatoms. The Morgan fingerprint density at radius 1 is 1.35 bits per heavy atom. The summed E-state index contributed by atoms with van der Waals surface area (Å²) in [7, 11) is 1.62. The predicted octanol–water partition coefficient (Wildman–Crippen LogP) is 1.95. The van der Waals surface area contributed by atoms with Crippen molar-refractivity contribution >= 4 is 0 Å². The third kappa shape index (κ3) is 2.42. The monoisotopic (exact) mass is 230 g/mol. The molecule has 1 heterocycles. The van der Waals surface area contributed by atoms with Crippen LogP contribution in [-0.4, -0.2) is 22.2 Å². The second-order valence-corrected chi connectivity index (χ2v) is 3.71. The summed E-state index contributed by atoms with van der Waals surface area (Å²) < 4.78 is 5.15. The van der Waals surface area contributed by atoms with E-state index in [2.05, 4.69) is 9.97 Å². The van der Waals surface area contributed by atoms with Crippen LogP contribution in [0.25, 0.3) is 11.4 Å². The van der Waals surface area contributed by atoms with E-state index in [1.807, 2.05) is 31.2 Å². The number of nitrogens with zero attached hydrogens (tertiary/aromatic N) is 2. The number of hydrogen-bond acceptors (Lipinski definition) is 4. The number of aromatic nitrogens is 2. The smallest absolute Gasteiger partial charge is 0.159 e. The van der Waals surface area contributed by atoms with Crippen molar-refractivity contribution in [2.75, 3.05) is 7.11 Å². The molecule has 0 radical (unpaired) electrons. The minimum absolute atomic E-state index is 0.0781. The van der Waals surface area contributed by atoms with Crippen LogP contribution in [0.4, 0.5) is 0 Å². The summed E-state index contributed by atoms with van der Waals surface area (Å²) in [6, 6.07) is 7.53. The van der Waals surface area contributed by atoms with E-state index in [-0.39, 0.29) is 6.61 Å². The quantitative estimate of drug-likeness (QED) is 0.875. The van der Waals surface area contributed by atoms with Gasteiger partial charge >= 0.3 is 0 Å². The molecule has 1 aromatic carbocycles. The van der Waals surface area contributed by atoms with Gasteiger partial charge in [-0.05, 0) is 24.6 Å². The Morgan fingerprint density at radius 2 is 2.18 bits per heavy atom. The molecular formula is C13H14N2O2. The van der Waals surface area contributed by atoms with Crippen LogP contribution in [0.3, 0.4) is 0 Å². The van der Waals surface area contributed by atoms with Crippen LogP contribution >= 0.6 is 0 Å². The van der Waals surface area contributed by atoms with Gasteiger partial charge in [-0.1, -0.05) is 12.1 Å². The summed E-state index contributed by atoms with van der Waals surface area (Å²) in [4.78, 5) is 8.57. The second kappa shape index (κ2) is 4.93. The molecule has 0 aliphatic rings. The molecule has 88 valence electrons. The molecule has 2 rings (SSSR count). The van der Waals surface area contributed by atoms with Crippen molar-refractivity contribution in [1.82, 2.24) is 9.97 Å². The van der Waals surface area contributed by atoms with Crippen molar-refractivity contribution in [2.24, 2.45) is 0 Å². The largest absolute Gasteiger partial charge is 0.497 e. The predicted molar refractivity (Wildman–Crippen MR) is 64.7 cm³/mol. The molecular weight excluding hydrogens is 216 g/mol. The highest BCUT2D eigenvalue weighted by atomic mass is 16.5. The number of aliphatic hydroxyl groups excluding tert-OH is 1. The van der Waals surface area contributed by atoms with Gasteiger partial charge in [-0.3, -0.25) is 0 Å². The van der Waals surface area contributed by atoms with Gasteiger partial charge in [0.15, 0.2) is 5.82 Å². The molecule has 0 bridgehead atoms. The van der Waals surface area contributed by atoms with Crippen LogP contribution in [0.5, 0.6) is 5.75 Å². The summed E-state index contributed by atoms with van der Waals surface area (Å²) in [6.07, 6.45) is 1.72. The maximum Gasteiger partial charge on any atom is 0.159 e. The molecule has 0 aliphatic carbocycles. The van der Waals surface area contributed by atoms with Crippen molar-refractivity contribution < 1.29 is 9.84 Å². The number of aryl methyl sites for hydroxylation is 1. The van der Waals surface area contributed by atoms with Crippen LogP contribution in [0.1, 0.15) is 11.3 Å². The molecule has 0 amide bonds. The molecule has 1 aromatic heterocycles. The average molecular weight is 230 g/mol. The first-order valence-corrected chi connectivity index (χ1v) is 5.32. The summed E-state index contributed by atoms with van der Waals surface area (Å²) in [5.74, 6) is 1.36. The van der Waals surface area contributed by atoms with Gasteiger partial charge in [-0.2, -0.15) is 0 Å². The van der Waals surface area contributed by atoms with E-state index in [1.54, 1.807) is 13.3 Å². The molecule has 0 unspecified atom stereocenters. The van der Waals surface area contributed by atoms with Crippen LogP contribution in [0.15, 0.2) is 30.5 Å². The van der Waals surface area contributed by atoms with Crippen LogP contribution in [0.2, 0.25) is 0 Å². The molecule has 17 heavy (non-hydrogen) atoms. The molecule has 0 aliphatic heterocycles. The molecule has 0 fully saturated rings. The lowest BCUT2D eigenvalue weighted by atomic mass is 10.2. The van der Waals surface area contributed by atoms with E-state index in [0.29, 0.717) is 11.5 Å². The summed E-state index contributed by atoms with van der Waals surface area (Å²) in [6.45, 7) is 1.80. The van der Waals surface area contributed by atoms with E-state index in [0.717, 1.165) is 16.9 Å². The Bertz CT molecular complexity index is 527. The Kier molecular flexibility index (Phi) is 3.35. The van der Waals surface area contributed by atoms with Crippen LogP contribution < -0.4 is 4.74 Å². The SMILES string of the molecule is COc1cccc(-c2ncc(C)c(CO)n2)c1. The van der Waals surface area contributed by atoms with Crippen molar-refractivity contribution in [3.63, 3.8) is 0 Å². The lowest BCUT2D eigenvalue weighted by Gasteiger charge is -2.06. The molecule has 4 nitrogen and oxygen atoms in total. The zero-order chi connectivity index (χ0) is 12.3. The fourth-order valence-corrected chi connectivity index (χ4v) is 1.54. The Morgan fingerprint density at radius 3 is 2.88 bits per heavy atom. The normalized spacial score (nSPS) is 10.3. The average Bonchev–Trinajstić information content (AvgIpc) is 2.39. The van der Waals surface area contributed by atoms with E-state index >= 15 is 0 Å². The van der Waals surface area contributed by atoms with Crippen LogP contribution in [-0.2, 0) is 6.61 Å². The van der Waals surface area contributed by atoms with Crippen molar-refractivity contribution in [2.45, 2.75) is 13.5 Å². The lowest BCUT2D eigenvalue weighted by molar-refractivity contribution is 0.276. The van der Waals surface area contributed by atoms with Gasteiger partial charge in [0.05, 0.1) is 19.4 Å². The maximum atomic E-state index is 9.18. The molecule has 2 aromatic rings. The number of rotatable bonds is 3. The van der Waals surface area contributed by atoms with Crippen molar-refractivity contribution in [3.05, 3.63) is 41.7 Å². The summed E-state index contributed by atoms with van der Waals surface area (Å²) in [5, 5.41) is 9.18. The summed E-state index contributed by atoms with van der Waals surface area (Å²) in [5.41, 5.74) is 2.41. The van der Waals surface area contributed by atoms with Crippen LogP contribution in [0, 0.1) is 6.92 Å². The van der Waals surface area contributed by atoms with Gasteiger partial charge in [0, 0.05) is 11.8 Å². The lowest BCUT2D eigenvalue weighted by Crippen LogP contribution is -1.98. The number of aliphatic hydroxyl groups is 1. The molecule has 0 atom stereocenters. The van der Waals surface area contributed by atoms with Gasteiger partial charge in [-0.15, -0.1) is 0 Å². The fourth-order valence-electron chi connectivity index (χ4n) is 1.54. The van der Waals surface area contributed by atoms with Crippen molar-refractivity contribution in [3.8, 4) is 17.1 Å². The van der Waals surface area contributed by atoms with E-state index in [4.69, 9.17) is 4.74 Å². The maximum absolute atomic E-state index is 9.18. The molecule has 0 spiro atoms. The first kappa shape index (κ1) is 11.5. The van der Waals surface area contributed by atoms with Gasteiger partial charge in [0.25, 0.3) is 0 Å². The number of methoxy groups -OCH3 is 1. The number of ether oxygens (including phenoxy) is 1. The highest BCUT2D eigenvalue weighted by Crippen LogP contribution is 2.21. The van der Waals surface area contributed by atoms with Gasteiger partial charge in [-0.25, -0.2) is 9.97 Å². The topological polar surface area (TPSA) is 55.2 Å². The Balaban J connectivity index is 2.45. The first-order chi connectivity index (χ1) is 8.24. The van der Waals surface area contributed by atoms with E-state index in [1.165, 1.54) is 0 Å². The highest BCUT2D eigenvalue weighted by molar-refractivity contribution is 5.57. The first-order valence-electron chi connectivity index (χ1n) is 5.32. The van der Waals surface area contributed by atoms with Gasteiger partial charge in [0.2, 0.25) is 0 Å². The molecule has 0 saturated carbocycles. The Hall–Kier alpha value is -1.94. The highest BCUT2D eigenvalue weighted by Gasteiger charge is 2.06. The van der Waals surface area contributed by atoms with Crippen molar-refractivity contribution in [1.29, 1.82) is 0 Å². The van der Waals surface area contributed by atoms with Gasteiger partial charge < -0.3 is 9.84 Å². The van der Waals surface area contributed by atoms with E-state index in [9.17, 15) is 5.11 Å². The third-order valence-electron chi connectivity index (χ3n) is 2.55. The fraction of sp³-hybridized carbons (Fsp3) is 0.231. The molecule has 1 N–H and O–H groups in total. The number of hydrogen-bond donors (Lipinski definition) is 1. The second-order valence-electron chi connectivity index (χ2n) is 3.71. The minimum Gasteiger partial charge on any atom is -0.497 e. The zero-order valence-corrected chi connectivity index (χ0v) is 9.84. The minimum atomic E-state index is -0.0781.